The SMILES string of the molecule is Cc1cc(C(=O)N2CSCC2C(=O)NC(C)(C)C)c(C)n1-c1ccccc1F. The van der Waals surface area contributed by atoms with Crippen LogP contribution in [0.25, 0.3) is 5.69 Å². The number of carbonyl (C=O) groups is 2. The summed E-state index contributed by atoms with van der Waals surface area (Å²) in [4.78, 5) is 27.5. The summed E-state index contributed by atoms with van der Waals surface area (Å²) in [5.74, 6) is 0.343. The van der Waals surface area contributed by atoms with Gasteiger partial charge in [-0.1, -0.05) is 12.1 Å². The number of halogens is 1. The van der Waals surface area contributed by atoms with Crippen molar-refractivity contribution in [1.29, 1.82) is 0 Å². The first-order chi connectivity index (χ1) is 13.1. The van der Waals surface area contributed by atoms with Crippen molar-refractivity contribution in [2.24, 2.45) is 0 Å². The van der Waals surface area contributed by atoms with Crippen LogP contribution in [0.15, 0.2) is 30.3 Å². The minimum absolute atomic E-state index is 0.145. The van der Waals surface area contributed by atoms with Crippen molar-refractivity contribution < 1.29 is 14.0 Å². The van der Waals surface area contributed by atoms with Gasteiger partial charge in [-0.2, -0.15) is 0 Å². The lowest BCUT2D eigenvalue weighted by atomic mass is 10.1. The maximum atomic E-state index is 14.3. The van der Waals surface area contributed by atoms with Gasteiger partial charge < -0.3 is 14.8 Å². The van der Waals surface area contributed by atoms with Gasteiger partial charge in [0.2, 0.25) is 5.91 Å². The van der Waals surface area contributed by atoms with Crippen molar-refractivity contribution in [2.75, 3.05) is 11.6 Å². The second kappa shape index (κ2) is 7.62. The van der Waals surface area contributed by atoms with Gasteiger partial charge in [-0.05, 0) is 52.8 Å². The zero-order valence-corrected chi connectivity index (χ0v) is 17.7. The fourth-order valence-corrected chi connectivity index (χ4v) is 4.60. The molecule has 1 saturated heterocycles. The van der Waals surface area contributed by atoms with Crippen molar-refractivity contribution in [1.82, 2.24) is 14.8 Å². The first kappa shape index (κ1) is 20.5. The van der Waals surface area contributed by atoms with E-state index < -0.39 is 6.04 Å². The highest BCUT2D eigenvalue weighted by molar-refractivity contribution is 7.99. The van der Waals surface area contributed by atoms with Crippen molar-refractivity contribution in [3.05, 3.63) is 53.1 Å². The van der Waals surface area contributed by atoms with E-state index in [4.69, 9.17) is 0 Å². The van der Waals surface area contributed by atoms with Gasteiger partial charge in [-0.3, -0.25) is 9.59 Å². The van der Waals surface area contributed by atoms with Gasteiger partial charge in [0.15, 0.2) is 0 Å². The fourth-order valence-electron chi connectivity index (χ4n) is 3.45. The predicted octanol–water partition coefficient (Wildman–Crippen LogP) is 3.66. The lowest BCUT2D eigenvalue weighted by Gasteiger charge is -2.27. The highest BCUT2D eigenvalue weighted by Crippen LogP contribution is 2.28. The second-order valence-corrected chi connectivity index (χ2v) is 9.10. The third kappa shape index (κ3) is 3.94. The summed E-state index contributed by atoms with van der Waals surface area (Å²) in [6.07, 6.45) is 0. The Hall–Kier alpha value is -2.28. The molecule has 1 aliphatic rings. The van der Waals surface area contributed by atoms with Crippen molar-refractivity contribution in [3.63, 3.8) is 0 Å². The molecule has 28 heavy (non-hydrogen) atoms. The normalized spacial score (nSPS) is 17.1. The molecule has 7 heteroatoms. The van der Waals surface area contributed by atoms with E-state index in [1.807, 2.05) is 27.7 Å². The molecule has 1 atom stereocenters. The molecule has 0 aliphatic carbocycles. The Morgan fingerprint density at radius 2 is 1.89 bits per heavy atom. The Morgan fingerprint density at radius 1 is 1.21 bits per heavy atom. The zero-order chi connectivity index (χ0) is 20.6. The Balaban J connectivity index is 1.92. The number of nitrogens with one attached hydrogen (secondary N) is 1. The topological polar surface area (TPSA) is 54.3 Å². The molecule has 1 aromatic heterocycles. The molecule has 1 fully saturated rings. The number of hydrogen-bond donors (Lipinski definition) is 1. The summed E-state index contributed by atoms with van der Waals surface area (Å²) in [7, 11) is 0. The van der Waals surface area contributed by atoms with Gasteiger partial charge in [-0.25, -0.2) is 4.39 Å². The average molecular weight is 404 g/mol. The molecule has 1 N–H and O–H groups in total. The number of para-hydroxylation sites is 1. The molecule has 2 aromatic rings. The van der Waals surface area contributed by atoms with E-state index in [9.17, 15) is 14.0 Å². The number of hydrogen-bond acceptors (Lipinski definition) is 3. The van der Waals surface area contributed by atoms with Crippen molar-refractivity contribution >= 4 is 23.6 Å². The molecule has 0 radical (unpaired) electrons. The standard InChI is InChI=1S/C21H26FN3O2S/c1-13-10-15(14(2)25(13)17-9-7-6-8-16(17)22)20(27)24-12-28-11-18(24)19(26)23-21(3,4)5/h6-10,18H,11-12H2,1-5H3,(H,23,26). The molecule has 0 saturated carbocycles. The maximum Gasteiger partial charge on any atom is 0.257 e. The van der Waals surface area contributed by atoms with E-state index in [-0.39, 0.29) is 23.2 Å². The van der Waals surface area contributed by atoms with Crippen molar-refractivity contribution in [2.45, 2.75) is 46.2 Å². The van der Waals surface area contributed by atoms with Crippen LogP contribution in [0, 0.1) is 19.7 Å². The Morgan fingerprint density at radius 3 is 2.54 bits per heavy atom. The van der Waals surface area contributed by atoms with E-state index in [1.54, 1.807) is 52.4 Å². The van der Waals surface area contributed by atoms with E-state index in [1.165, 1.54) is 6.07 Å². The van der Waals surface area contributed by atoms with Crippen LogP contribution in [0.2, 0.25) is 0 Å². The first-order valence-electron chi connectivity index (χ1n) is 9.25. The lowest BCUT2D eigenvalue weighted by molar-refractivity contribution is -0.125. The van der Waals surface area contributed by atoms with Crippen LogP contribution in [0.3, 0.4) is 0 Å². The average Bonchev–Trinajstić information content (AvgIpc) is 3.19. The Kier molecular flexibility index (Phi) is 5.57. The van der Waals surface area contributed by atoms with Crippen LogP contribution in [0.5, 0.6) is 0 Å². The summed E-state index contributed by atoms with van der Waals surface area (Å²) in [5.41, 5.74) is 1.99. The summed E-state index contributed by atoms with van der Waals surface area (Å²) in [6.45, 7) is 9.41. The Bertz CT molecular complexity index is 917. The van der Waals surface area contributed by atoms with Crippen LogP contribution in [-0.2, 0) is 4.79 Å². The third-order valence-corrected chi connectivity index (χ3v) is 5.71. The number of nitrogens with zero attached hydrogens (tertiary/aromatic N) is 2. The molecule has 2 amide bonds. The molecule has 1 aromatic carbocycles. The first-order valence-corrected chi connectivity index (χ1v) is 10.4. The minimum atomic E-state index is -0.506. The van der Waals surface area contributed by atoms with Gasteiger partial charge in [0.05, 0.1) is 17.1 Å². The summed E-state index contributed by atoms with van der Waals surface area (Å²) < 4.78 is 16.0. The molecule has 150 valence electrons. The van der Waals surface area contributed by atoms with Crippen LogP contribution >= 0.6 is 11.8 Å². The number of thioether (sulfide) groups is 1. The highest BCUT2D eigenvalue weighted by atomic mass is 32.2. The molecule has 3 rings (SSSR count). The summed E-state index contributed by atoms with van der Waals surface area (Å²) in [6, 6.07) is 7.76. The third-order valence-electron chi connectivity index (χ3n) is 4.70. The van der Waals surface area contributed by atoms with E-state index in [0.29, 0.717) is 28.6 Å². The molecule has 0 bridgehead atoms. The van der Waals surface area contributed by atoms with Crippen LogP contribution in [0.4, 0.5) is 4.39 Å². The lowest BCUT2D eigenvalue weighted by Crippen LogP contribution is -2.52. The molecule has 2 heterocycles. The van der Waals surface area contributed by atoms with Gasteiger partial charge in [0, 0.05) is 22.7 Å². The fraction of sp³-hybridized carbons (Fsp3) is 0.429. The summed E-state index contributed by atoms with van der Waals surface area (Å²) in [5, 5.41) is 2.96. The number of aromatic nitrogens is 1. The number of aryl methyl sites for hydroxylation is 1. The van der Waals surface area contributed by atoms with Gasteiger partial charge in [-0.15, -0.1) is 11.8 Å². The molecule has 0 spiro atoms. The zero-order valence-electron chi connectivity index (χ0n) is 16.9. The maximum absolute atomic E-state index is 14.3. The number of rotatable bonds is 3. The van der Waals surface area contributed by atoms with Crippen LogP contribution in [0.1, 0.15) is 42.5 Å². The van der Waals surface area contributed by atoms with Crippen LogP contribution < -0.4 is 5.32 Å². The smallest absolute Gasteiger partial charge is 0.257 e. The monoisotopic (exact) mass is 403 g/mol. The number of carbonyl (C=O) groups excluding carboxylic acids is 2. The number of benzene rings is 1. The van der Waals surface area contributed by atoms with E-state index in [2.05, 4.69) is 5.32 Å². The van der Waals surface area contributed by atoms with E-state index in [0.717, 1.165) is 5.69 Å². The molecule has 5 nitrogen and oxygen atoms in total. The van der Waals surface area contributed by atoms with Crippen LogP contribution in [-0.4, -0.2) is 44.5 Å². The molecule has 1 unspecified atom stereocenters. The Labute approximate surface area is 169 Å². The second-order valence-electron chi connectivity index (χ2n) is 8.10. The minimum Gasteiger partial charge on any atom is -0.350 e. The largest absolute Gasteiger partial charge is 0.350 e. The van der Waals surface area contributed by atoms with Gasteiger partial charge >= 0.3 is 0 Å². The highest BCUT2D eigenvalue weighted by Gasteiger charge is 2.37. The molecule has 1 aliphatic heterocycles. The van der Waals surface area contributed by atoms with Gasteiger partial charge in [0.25, 0.3) is 5.91 Å². The van der Waals surface area contributed by atoms with Gasteiger partial charge in [0.1, 0.15) is 11.9 Å². The quantitative estimate of drug-likeness (QED) is 0.851. The molecular weight excluding hydrogens is 377 g/mol. The molecular formula is C21H26FN3O2S. The van der Waals surface area contributed by atoms with Crippen molar-refractivity contribution in [3.8, 4) is 5.69 Å². The number of amides is 2. The van der Waals surface area contributed by atoms with E-state index >= 15 is 0 Å². The summed E-state index contributed by atoms with van der Waals surface area (Å²) >= 11 is 1.56. The predicted molar refractivity (Wildman–Crippen MR) is 110 cm³/mol.